The van der Waals surface area contributed by atoms with Gasteiger partial charge in [-0.3, -0.25) is 4.72 Å². The third-order valence-electron chi connectivity index (χ3n) is 3.01. The summed E-state index contributed by atoms with van der Waals surface area (Å²) in [4.78, 5) is 4.29. The summed E-state index contributed by atoms with van der Waals surface area (Å²) in [6.45, 7) is 6.37. The van der Waals surface area contributed by atoms with Crippen LogP contribution in [-0.4, -0.2) is 19.9 Å². The number of nitrogens with one attached hydrogen (secondary N) is 2. The predicted octanol–water partition coefficient (Wildman–Crippen LogP) is 2.93. The average Bonchev–Trinajstić information content (AvgIpc) is 2.38. The Labute approximate surface area is 125 Å². The first-order chi connectivity index (χ1) is 9.94. The molecule has 0 aliphatic carbocycles. The molecule has 0 atom stereocenters. The van der Waals surface area contributed by atoms with Crippen molar-refractivity contribution in [2.75, 3.05) is 16.6 Å². The highest BCUT2D eigenvalue weighted by Gasteiger charge is 2.20. The number of benzene rings is 1. The van der Waals surface area contributed by atoms with Crippen molar-refractivity contribution in [3.05, 3.63) is 47.7 Å². The molecule has 2 rings (SSSR count). The Morgan fingerprint density at radius 1 is 1.14 bits per heavy atom. The molecule has 1 aromatic heterocycles. The van der Waals surface area contributed by atoms with Gasteiger partial charge in [0.05, 0.1) is 4.90 Å². The second-order valence-corrected chi connectivity index (χ2v) is 6.41. The van der Waals surface area contributed by atoms with E-state index in [1.807, 2.05) is 19.1 Å². The lowest BCUT2D eigenvalue weighted by molar-refractivity contribution is 0.600. The Kier molecular flexibility index (Phi) is 4.47. The van der Waals surface area contributed by atoms with Gasteiger partial charge in [-0.1, -0.05) is 6.07 Å². The molecule has 112 valence electrons. The zero-order valence-electron chi connectivity index (χ0n) is 12.3. The molecule has 2 aromatic rings. The minimum atomic E-state index is -3.65. The number of aryl methyl sites for hydroxylation is 2. The van der Waals surface area contributed by atoms with Crippen LogP contribution < -0.4 is 10.0 Å². The number of aromatic nitrogens is 1. The molecule has 5 nitrogen and oxygen atoms in total. The Morgan fingerprint density at radius 3 is 2.33 bits per heavy atom. The van der Waals surface area contributed by atoms with Crippen molar-refractivity contribution < 1.29 is 8.42 Å². The lowest BCUT2D eigenvalue weighted by atomic mass is 10.1. The topological polar surface area (TPSA) is 71.1 Å². The first-order valence-corrected chi connectivity index (χ1v) is 8.21. The molecule has 0 bridgehead atoms. The lowest BCUT2D eigenvalue weighted by Crippen LogP contribution is -2.16. The summed E-state index contributed by atoms with van der Waals surface area (Å²) in [7, 11) is -3.65. The molecule has 0 spiro atoms. The summed E-state index contributed by atoms with van der Waals surface area (Å²) in [5.41, 5.74) is 2.33. The van der Waals surface area contributed by atoms with Gasteiger partial charge in [-0.2, -0.15) is 0 Å². The summed E-state index contributed by atoms with van der Waals surface area (Å²) in [5, 5.41) is 3.19. The van der Waals surface area contributed by atoms with Crippen LogP contribution in [0.1, 0.15) is 18.1 Å². The Hall–Kier alpha value is -2.08. The molecule has 2 N–H and O–H groups in total. The van der Waals surface area contributed by atoms with Gasteiger partial charge in [0, 0.05) is 18.4 Å². The highest BCUT2D eigenvalue weighted by Crippen LogP contribution is 2.26. The van der Waals surface area contributed by atoms with E-state index in [4.69, 9.17) is 0 Å². The SMILES string of the molecule is CCNc1cc(C)c(S(=O)(=O)Nc2ccccn2)c(C)c1. The summed E-state index contributed by atoms with van der Waals surface area (Å²) in [6.07, 6.45) is 1.55. The molecule has 0 saturated heterocycles. The van der Waals surface area contributed by atoms with E-state index < -0.39 is 10.0 Å². The van der Waals surface area contributed by atoms with E-state index in [0.29, 0.717) is 21.8 Å². The molecule has 6 heteroatoms. The Balaban J connectivity index is 2.41. The van der Waals surface area contributed by atoms with Gasteiger partial charge in [0.25, 0.3) is 10.0 Å². The highest BCUT2D eigenvalue weighted by molar-refractivity contribution is 7.92. The first-order valence-electron chi connectivity index (χ1n) is 6.73. The summed E-state index contributed by atoms with van der Waals surface area (Å²) in [6, 6.07) is 8.76. The normalized spacial score (nSPS) is 11.2. The van der Waals surface area contributed by atoms with E-state index in [-0.39, 0.29) is 0 Å². The second kappa shape index (κ2) is 6.13. The molecule has 0 fully saturated rings. The van der Waals surface area contributed by atoms with Crippen molar-refractivity contribution in [3.63, 3.8) is 0 Å². The quantitative estimate of drug-likeness (QED) is 0.891. The molecule has 0 radical (unpaired) electrons. The van der Waals surface area contributed by atoms with E-state index in [0.717, 1.165) is 12.2 Å². The zero-order chi connectivity index (χ0) is 15.5. The second-order valence-electron chi connectivity index (χ2n) is 4.79. The number of sulfonamides is 1. The fraction of sp³-hybridized carbons (Fsp3) is 0.267. The monoisotopic (exact) mass is 305 g/mol. The van der Waals surface area contributed by atoms with Gasteiger partial charge in [-0.05, 0) is 56.2 Å². The number of rotatable bonds is 5. The minimum absolute atomic E-state index is 0.301. The van der Waals surface area contributed by atoms with Crippen LogP contribution in [-0.2, 0) is 10.0 Å². The van der Waals surface area contributed by atoms with Crippen molar-refractivity contribution >= 4 is 21.5 Å². The maximum absolute atomic E-state index is 12.5. The van der Waals surface area contributed by atoms with Crippen LogP contribution in [0, 0.1) is 13.8 Å². The first kappa shape index (κ1) is 15.3. The molecule has 0 amide bonds. The van der Waals surface area contributed by atoms with Crippen molar-refractivity contribution in [2.45, 2.75) is 25.7 Å². The van der Waals surface area contributed by atoms with Gasteiger partial charge in [0.1, 0.15) is 5.82 Å². The molecule has 21 heavy (non-hydrogen) atoms. The number of hydrogen-bond acceptors (Lipinski definition) is 4. The van der Waals surface area contributed by atoms with Gasteiger partial charge >= 0.3 is 0 Å². The maximum atomic E-state index is 12.5. The van der Waals surface area contributed by atoms with Crippen LogP contribution in [0.15, 0.2) is 41.4 Å². The van der Waals surface area contributed by atoms with Crippen LogP contribution >= 0.6 is 0 Å². The average molecular weight is 305 g/mol. The predicted molar refractivity (Wildman–Crippen MR) is 85.1 cm³/mol. The van der Waals surface area contributed by atoms with Crippen molar-refractivity contribution in [2.24, 2.45) is 0 Å². The fourth-order valence-electron chi connectivity index (χ4n) is 2.29. The smallest absolute Gasteiger partial charge is 0.263 e. The third-order valence-corrected chi connectivity index (χ3v) is 4.67. The molecular formula is C15H19N3O2S. The van der Waals surface area contributed by atoms with Crippen molar-refractivity contribution in [1.82, 2.24) is 4.98 Å². The molecular weight excluding hydrogens is 286 g/mol. The van der Waals surface area contributed by atoms with Crippen LogP contribution in [0.4, 0.5) is 11.5 Å². The van der Waals surface area contributed by atoms with E-state index in [9.17, 15) is 8.42 Å². The van der Waals surface area contributed by atoms with E-state index in [1.54, 1.807) is 38.2 Å². The van der Waals surface area contributed by atoms with Crippen LogP contribution in [0.25, 0.3) is 0 Å². The van der Waals surface area contributed by atoms with Gasteiger partial charge in [0.15, 0.2) is 0 Å². The third kappa shape index (κ3) is 3.52. The molecule has 0 saturated carbocycles. The molecule has 0 aliphatic heterocycles. The molecule has 1 heterocycles. The Morgan fingerprint density at radius 2 is 1.81 bits per heavy atom. The van der Waals surface area contributed by atoms with Crippen LogP contribution in [0.3, 0.4) is 0 Å². The van der Waals surface area contributed by atoms with E-state index >= 15 is 0 Å². The number of anilines is 2. The van der Waals surface area contributed by atoms with Gasteiger partial charge in [-0.25, -0.2) is 13.4 Å². The number of nitrogens with zero attached hydrogens (tertiary/aromatic N) is 1. The maximum Gasteiger partial charge on any atom is 0.263 e. The van der Waals surface area contributed by atoms with Gasteiger partial charge in [0.2, 0.25) is 0 Å². The molecule has 1 aromatic carbocycles. The Bertz CT molecular complexity index is 705. The van der Waals surface area contributed by atoms with Gasteiger partial charge < -0.3 is 5.32 Å². The summed E-state index contributed by atoms with van der Waals surface area (Å²) >= 11 is 0. The van der Waals surface area contributed by atoms with Crippen LogP contribution in [0.2, 0.25) is 0 Å². The summed E-state index contributed by atoms with van der Waals surface area (Å²) < 4.78 is 27.6. The summed E-state index contributed by atoms with van der Waals surface area (Å²) in [5.74, 6) is 0.312. The molecule has 0 aliphatic rings. The standard InChI is InChI=1S/C15H19N3O2S/c1-4-16-13-9-11(2)15(12(3)10-13)21(19,20)18-14-7-5-6-8-17-14/h5-10,16H,4H2,1-3H3,(H,17,18). The van der Waals surface area contributed by atoms with Crippen molar-refractivity contribution in [1.29, 1.82) is 0 Å². The minimum Gasteiger partial charge on any atom is -0.385 e. The zero-order valence-corrected chi connectivity index (χ0v) is 13.2. The fourth-order valence-corrected chi connectivity index (χ4v) is 3.76. The highest BCUT2D eigenvalue weighted by atomic mass is 32.2. The van der Waals surface area contributed by atoms with Gasteiger partial charge in [-0.15, -0.1) is 0 Å². The largest absolute Gasteiger partial charge is 0.385 e. The van der Waals surface area contributed by atoms with Crippen LogP contribution in [0.5, 0.6) is 0 Å². The van der Waals surface area contributed by atoms with Crippen molar-refractivity contribution in [3.8, 4) is 0 Å². The number of pyridine rings is 1. The molecule has 0 unspecified atom stereocenters. The van der Waals surface area contributed by atoms with E-state index in [1.165, 1.54) is 0 Å². The lowest BCUT2D eigenvalue weighted by Gasteiger charge is -2.14. The number of hydrogen-bond donors (Lipinski definition) is 2. The van der Waals surface area contributed by atoms with E-state index in [2.05, 4.69) is 15.0 Å².